The Kier molecular flexibility index (Phi) is 6.84. The van der Waals surface area contributed by atoms with Crippen molar-refractivity contribution in [2.45, 2.75) is 0 Å². The van der Waals surface area contributed by atoms with Gasteiger partial charge in [0.05, 0.1) is 8.22 Å². The van der Waals surface area contributed by atoms with Gasteiger partial charge in [-0.25, -0.2) is 15.0 Å². The van der Waals surface area contributed by atoms with E-state index in [1.54, 1.807) is 0 Å². The average molecular weight is 726 g/mol. The molecule has 0 bridgehead atoms. The molecule has 2 aromatic heterocycles. The Morgan fingerprint density at radius 2 is 0.836 bits per heavy atom. The van der Waals surface area contributed by atoms with Crippen LogP contribution in [0.2, 0.25) is 0 Å². The molecule has 55 heavy (non-hydrogen) atoms. The number of rotatable bonds is 7. The van der Waals surface area contributed by atoms with Gasteiger partial charge in [0.1, 0.15) is 0 Å². The lowest BCUT2D eigenvalue weighted by Crippen LogP contribution is -2.00. The fourth-order valence-corrected chi connectivity index (χ4v) is 8.04. The molecule has 8 aromatic carbocycles. The van der Waals surface area contributed by atoms with Crippen LogP contribution in [-0.2, 0) is 0 Å². The monoisotopic (exact) mass is 725 g/mol. The molecule has 0 aliphatic carbocycles. The van der Waals surface area contributed by atoms with Gasteiger partial charge < -0.3 is 0 Å². The molecule has 0 spiro atoms. The third-order valence-corrected chi connectivity index (χ3v) is 10.7. The molecule has 0 N–H and O–H groups in total. The van der Waals surface area contributed by atoms with E-state index < -0.39 is 0 Å². The summed E-state index contributed by atoms with van der Waals surface area (Å²) in [4.78, 5) is 14.7. The minimum absolute atomic E-state index is 0.0619. The summed E-state index contributed by atoms with van der Waals surface area (Å²) in [5.41, 5.74) is 8.40. The summed E-state index contributed by atoms with van der Waals surface area (Å²) < 4.78 is 57.1. The van der Waals surface area contributed by atoms with Gasteiger partial charge in [-0.1, -0.05) is 170 Å². The Bertz CT molecular complexity index is 3250. The van der Waals surface area contributed by atoms with E-state index >= 15 is 0 Å². The maximum Gasteiger partial charge on any atom is 0.164 e. The number of fused-ring (bicyclic) bond motifs is 3. The molecular weight excluding hydrogens is 687 g/mol. The van der Waals surface area contributed by atoms with Crippen molar-refractivity contribution in [1.29, 1.82) is 0 Å². The van der Waals surface area contributed by atoms with Gasteiger partial charge >= 0.3 is 0 Å². The van der Waals surface area contributed by atoms with E-state index in [4.69, 9.17) is 16.3 Å². The highest BCUT2D eigenvalue weighted by molar-refractivity contribution is 7.26. The predicted octanol–water partition coefficient (Wildman–Crippen LogP) is 13.9. The molecule has 2 heterocycles. The van der Waals surface area contributed by atoms with Crippen molar-refractivity contribution in [2.24, 2.45) is 0 Å². The molecule has 0 saturated carbocycles. The quantitative estimate of drug-likeness (QED) is 0.164. The lowest BCUT2D eigenvalue weighted by atomic mass is 9.93. The van der Waals surface area contributed by atoms with E-state index in [0.29, 0.717) is 32.2 Å². The number of aromatic nitrogens is 3. The van der Waals surface area contributed by atoms with Crippen molar-refractivity contribution in [1.82, 2.24) is 15.0 Å². The summed E-state index contributed by atoms with van der Waals surface area (Å²) in [5.74, 6) is 0.784. The van der Waals surface area contributed by atoms with Gasteiger partial charge in [-0.05, 0) is 74.8 Å². The van der Waals surface area contributed by atoms with Crippen molar-refractivity contribution in [3.63, 3.8) is 0 Å². The molecule has 0 amide bonds. The first-order chi connectivity index (χ1) is 29.7. The summed E-state index contributed by atoms with van der Waals surface area (Å²) in [6.07, 6.45) is 0. The molecule has 3 nitrogen and oxygen atoms in total. The van der Waals surface area contributed by atoms with E-state index in [9.17, 15) is 6.85 Å². The second-order valence-corrected chi connectivity index (χ2v) is 14.2. The number of hydrogen-bond acceptors (Lipinski definition) is 4. The summed E-state index contributed by atoms with van der Waals surface area (Å²) in [7, 11) is 0. The summed E-state index contributed by atoms with van der Waals surface area (Å²) in [5, 5.41) is 0.508. The largest absolute Gasteiger partial charge is 0.208 e. The number of benzene rings is 8. The average Bonchev–Trinajstić information content (AvgIpc) is 3.72. The zero-order valence-electron chi connectivity index (χ0n) is 35.3. The number of hydrogen-bond donors (Lipinski definition) is 0. The minimum Gasteiger partial charge on any atom is -0.208 e. The van der Waals surface area contributed by atoms with Crippen LogP contribution in [0.1, 0.15) is 8.22 Å². The maximum atomic E-state index is 9.74. The molecule has 10 aromatic rings. The van der Waals surface area contributed by atoms with Crippen LogP contribution in [0.5, 0.6) is 0 Å². The Morgan fingerprint density at radius 3 is 1.45 bits per heavy atom. The van der Waals surface area contributed by atoms with Gasteiger partial charge in [0.15, 0.2) is 17.5 Å². The SMILES string of the molecule is [2H]c1c([2H])c([2H])c2c(sc3c([2H])c(-c4nc(-c5ccccc5)nc(-c5cccc(-c6ccccc6)c5)n4)c([2H])c([2H])c32)c1-c1cc(-c2ccccc2)cc(-c2ccccc2)c1. The zero-order valence-corrected chi connectivity index (χ0v) is 30.2. The topological polar surface area (TPSA) is 38.7 Å². The fraction of sp³-hybridized carbons (Fsp3) is 0. The normalized spacial score (nSPS) is 12.8. The molecule has 4 heteroatoms. The molecular formula is C51H33N3S. The molecule has 0 aliphatic heterocycles. The lowest BCUT2D eigenvalue weighted by molar-refractivity contribution is 1.07. The highest BCUT2D eigenvalue weighted by Crippen LogP contribution is 2.43. The molecule has 0 saturated heterocycles. The minimum atomic E-state index is -0.289. The standard InChI is InChI=1S/C51H33N3S/c1-5-15-34(16-6-1)38-23-13-24-39(29-38)50-52-49(37-21-11-4-12-22-37)53-51(54-50)40-27-28-45-46-26-14-25-44(48(46)55-47(45)33-40)43-31-41(35-17-7-2-8-18-35)30-42(32-43)36-19-9-3-10-20-36/h1-33H/i14D,25D,26D,27D,28D,33D. The Labute approximate surface area is 332 Å². The highest BCUT2D eigenvalue weighted by atomic mass is 32.1. The summed E-state index contributed by atoms with van der Waals surface area (Å²) >= 11 is 1.20. The van der Waals surface area contributed by atoms with Crippen molar-refractivity contribution < 1.29 is 8.22 Å². The van der Waals surface area contributed by atoms with Crippen LogP contribution in [0.15, 0.2) is 200 Å². The summed E-state index contributed by atoms with van der Waals surface area (Å²) in [6, 6.07) is 52.2. The molecule has 10 rings (SSSR count). The smallest absolute Gasteiger partial charge is 0.164 e. The van der Waals surface area contributed by atoms with E-state index in [0.717, 1.165) is 44.5 Å². The van der Waals surface area contributed by atoms with Gasteiger partial charge in [-0.15, -0.1) is 11.3 Å². The van der Waals surface area contributed by atoms with E-state index in [2.05, 4.69) is 6.07 Å². The molecule has 0 radical (unpaired) electrons. The Morgan fingerprint density at radius 1 is 0.364 bits per heavy atom. The predicted molar refractivity (Wildman–Crippen MR) is 231 cm³/mol. The highest BCUT2D eigenvalue weighted by Gasteiger charge is 2.17. The van der Waals surface area contributed by atoms with Gasteiger partial charge in [-0.2, -0.15) is 0 Å². The molecule has 258 valence electrons. The van der Waals surface area contributed by atoms with Crippen molar-refractivity contribution in [3.05, 3.63) is 200 Å². The van der Waals surface area contributed by atoms with E-state index in [-0.39, 0.29) is 58.4 Å². The van der Waals surface area contributed by atoms with Crippen LogP contribution in [0.25, 0.3) is 98.8 Å². The first-order valence-electron chi connectivity index (χ1n) is 20.9. The molecule has 0 aliphatic rings. The van der Waals surface area contributed by atoms with Crippen molar-refractivity contribution in [3.8, 4) is 78.7 Å². The van der Waals surface area contributed by atoms with Crippen LogP contribution in [0.4, 0.5) is 0 Å². The van der Waals surface area contributed by atoms with E-state index in [1.807, 2.05) is 158 Å². The van der Waals surface area contributed by atoms with Crippen LogP contribution >= 0.6 is 11.3 Å². The molecule has 0 fully saturated rings. The van der Waals surface area contributed by atoms with Gasteiger partial charge in [0.25, 0.3) is 0 Å². The fourth-order valence-electron chi connectivity index (χ4n) is 6.90. The Hall–Kier alpha value is -7.01. The lowest BCUT2D eigenvalue weighted by Gasteiger charge is -2.12. The van der Waals surface area contributed by atoms with E-state index in [1.165, 1.54) is 11.3 Å². The second-order valence-electron chi connectivity index (χ2n) is 13.2. The number of thiophene rings is 1. The van der Waals surface area contributed by atoms with Gasteiger partial charge in [-0.3, -0.25) is 0 Å². The van der Waals surface area contributed by atoms with Gasteiger partial charge in [0, 0.05) is 36.9 Å². The van der Waals surface area contributed by atoms with Crippen molar-refractivity contribution in [2.75, 3.05) is 0 Å². The second kappa shape index (κ2) is 14.1. The third-order valence-electron chi connectivity index (χ3n) is 9.62. The first-order valence-corrected chi connectivity index (χ1v) is 18.8. The third kappa shape index (κ3) is 6.39. The van der Waals surface area contributed by atoms with Crippen LogP contribution in [-0.4, -0.2) is 15.0 Å². The molecule has 0 unspecified atom stereocenters. The van der Waals surface area contributed by atoms with Gasteiger partial charge in [0.2, 0.25) is 0 Å². The van der Waals surface area contributed by atoms with Crippen LogP contribution in [0, 0.1) is 0 Å². The van der Waals surface area contributed by atoms with Crippen LogP contribution in [0.3, 0.4) is 0 Å². The number of nitrogens with zero attached hydrogens (tertiary/aromatic N) is 3. The Balaban J connectivity index is 1.22. The summed E-state index contributed by atoms with van der Waals surface area (Å²) in [6.45, 7) is 0. The van der Waals surface area contributed by atoms with Crippen LogP contribution < -0.4 is 0 Å². The molecule has 0 atom stereocenters. The van der Waals surface area contributed by atoms with Crippen molar-refractivity contribution >= 4 is 31.5 Å². The first kappa shape index (κ1) is 26.7. The maximum absolute atomic E-state index is 9.74. The zero-order chi connectivity index (χ0) is 41.8.